The van der Waals surface area contributed by atoms with Crippen molar-refractivity contribution >= 4 is 16.6 Å². The molecule has 3 aromatic rings. The van der Waals surface area contributed by atoms with Gasteiger partial charge in [-0.3, -0.25) is 0 Å². The Balaban J connectivity index is 1.82. The zero-order valence-electron chi connectivity index (χ0n) is 10.3. The predicted molar refractivity (Wildman–Crippen MR) is 75.1 cm³/mol. The smallest absolute Gasteiger partial charge is 0.120 e. The van der Waals surface area contributed by atoms with Gasteiger partial charge in [0.2, 0.25) is 0 Å². The molecule has 0 atom stereocenters. The van der Waals surface area contributed by atoms with Crippen LogP contribution in [0.3, 0.4) is 0 Å². The van der Waals surface area contributed by atoms with Gasteiger partial charge in [0.1, 0.15) is 18.1 Å². The summed E-state index contributed by atoms with van der Waals surface area (Å²) < 4.78 is 5.68. The van der Waals surface area contributed by atoms with E-state index in [1.807, 2.05) is 24.4 Å². The average molecular weight is 254 g/mol. The first-order valence-electron chi connectivity index (χ1n) is 6.00. The van der Waals surface area contributed by atoms with Gasteiger partial charge in [-0.2, -0.15) is 0 Å². The van der Waals surface area contributed by atoms with Gasteiger partial charge in [-0.25, -0.2) is 0 Å². The molecule has 0 spiro atoms. The summed E-state index contributed by atoms with van der Waals surface area (Å²) in [5, 5.41) is 10.3. The number of phenolic OH excluding ortho intramolecular Hbond substituents is 1. The van der Waals surface area contributed by atoms with Crippen molar-refractivity contribution in [2.45, 2.75) is 6.61 Å². The van der Waals surface area contributed by atoms with Crippen LogP contribution in [0, 0.1) is 0 Å². The van der Waals surface area contributed by atoms with Crippen LogP contribution in [0.5, 0.6) is 11.5 Å². The molecule has 0 aliphatic rings. The number of hydrogen-bond acceptors (Lipinski definition) is 3. The van der Waals surface area contributed by atoms with E-state index in [0.717, 1.165) is 27.9 Å². The second kappa shape index (κ2) is 4.57. The van der Waals surface area contributed by atoms with Crippen LogP contribution < -0.4 is 10.5 Å². The summed E-state index contributed by atoms with van der Waals surface area (Å²) in [5.74, 6) is 0.947. The Bertz CT molecular complexity index is 702. The van der Waals surface area contributed by atoms with E-state index >= 15 is 0 Å². The third-order valence-corrected chi connectivity index (χ3v) is 3.06. The van der Waals surface area contributed by atoms with Gasteiger partial charge < -0.3 is 20.6 Å². The first-order valence-corrected chi connectivity index (χ1v) is 6.00. The van der Waals surface area contributed by atoms with E-state index in [1.165, 1.54) is 0 Å². The van der Waals surface area contributed by atoms with E-state index in [0.29, 0.717) is 6.61 Å². The molecule has 1 heterocycles. The number of hydrogen-bond donors (Lipinski definition) is 3. The molecule has 2 aromatic carbocycles. The van der Waals surface area contributed by atoms with Crippen LogP contribution in [0.1, 0.15) is 5.56 Å². The fourth-order valence-corrected chi connectivity index (χ4v) is 2.06. The lowest BCUT2D eigenvalue weighted by Gasteiger charge is -2.05. The summed E-state index contributed by atoms with van der Waals surface area (Å²) in [7, 11) is 0. The number of benzene rings is 2. The minimum absolute atomic E-state index is 0.229. The number of aromatic hydroxyl groups is 1. The van der Waals surface area contributed by atoms with E-state index < -0.39 is 0 Å². The zero-order chi connectivity index (χ0) is 13.2. The standard InChI is InChI=1S/C15H14N2O2/c16-14-3-1-2-13-10(8-17-15(13)14)9-19-12-6-4-11(18)5-7-12/h1-8,17-18H,9,16H2. The minimum Gasteiger partial charge on any atom is -0.508 e. The quantitative estimate of drug-likeness (QED) is 0.629. The third-order valence-electron chi connectivity index (χ3n) is 3.06. The lowest BCUT2D eigenvalue weighted by molar-refractivity contribution is 0.307. The second-order valence-electron chi connectivity index (χ2n) is 4.37. The molecule has 0 saturated heterocycles. The lowest BCUT2D eigenvalue weighted by atomic mass is 10.1. The van der Waals surface area contributed by atoms with Gasteiger partial charge in [-0.15, -0.1) is 0 Å². The van der Waals surface area contributed by atoms with Gasteiger partial charge in [-0.1, -0.05) is 12.1 Å². The molecule has 0 fully saturated rings. The number of aromatic nitrogens is 1. The van der Waals surface area contributed by atoms with Crippen LogP contribution in [-0.4, -0.2) is 10.1 Å². The van der Waals surface area contributed by atoms with Gasteiger partial charge in [0.25, 0.3) is 0 Å². The molecule has 0 radical (unpaired) electrons. The number of nitrogens with one attached hydrogen (secondary N) is 1. The third kappa shape index (κ3) is 2.20. The molecule has 0 amide bonds. The number of ether oxygens (including phenoxy) is 1. The molecule has 0 saturated carbocycles. The van der Waals surface area contributed by atoms with Gasteiger partial charge >= 0.3 is 0 Å². The Morgan fingerprint density at radius 3 is 2.68 bits per heavy atom. The van der Waals surface area contributed by atoms with Crippen LogP contribution in [-0.2, 0) is 6.61 Å². The first kappa shape index (κ1) is 11.5. The predicted octanol–water partition coefficient (Wildman–Crippen LogP) is 3.03. The number of phenols is 1. The molecule has 96 valence electrons. The van der Waals surface area contributed by atoms with Crippen molar-refractivity contribution in [1.29, 1.82) is 0 Å². The van der Waals surface area contributed by atoms with Crippen LogP contribution >= 0.6 is 0 Å². The highest BCUT2D eigenvalue weighted by molar-refractivity contribution is 5.92. The van der Waals surface area contributed by atoms with Crippen LogP contribution in [0.4, 0.5) is 5.69 Å². The van der Waals surface area contributed by atoms with Crippen LogP contribution in [0.15, 0.2) is 48.7 Å². The number of fused-ring (bicyclic) bond motifs is 1. The molecule has 19 heavy (non-hydrogen) atoms. The normalized spacial score (nSPS) is 10.7. The van der Waals surface area contributed by atoms with Crippen molar-refractivity contribution in [1.82, 2.24) is 4.98 Å². The Hall–Kier alpha value is -2.62. The van der Waals surface area contributed by atoms with E-state index in [9.17, 15) is 5.11 Å². The fraction of sp³-hybridized carbons (Fsp3) is 0.0667. The molecule has 4 heteroatoms. The van der Waals surface area contributed by atoms with Gasteiger partial charge in [0.05, 0.1) is 11.2 Å². The molecule has 0 aliphatic heterocycles. The fourth-order valence-electron chi connectivity index (χ4n) is 2.06. The molecule has 4 N–H and O–H groups in total. The maximum absolute atomic E-state index is 9.21. The number of H-pyrrole nitrogens is 1. The van der Waals surface area contributed by atoms with Crippen molar-refractivity contribution in [2.75, 3.05) is 5.73 Å². The van der Waals surface area contributed by atoms with Gasteiger partial charge in [0.15, 0.2) is 0 Å². The van der Waals surface area contributed by atoms with Crippen LogP contribution in [0.2, 0.25) is 0 Å². The number of para-hydroxylation sites is 1. The highest BCUT2D eigenvalue weighted by Crippen LogP contribution is 2.24. The van der Waals surface area contributed by atoms with E-state index in [2.05, 4.69) is 4.98 Å². The van der Waals surface area contributed by atoms with E-state index in [4.69, 9.17) is 10.5 Å². The van der Waals surface area contributed by atoms with Crippen molar-refractivity contribution in [2.24, 2.45) is 0 Å². The number of nitrogen functional groups attached to an aromatic ring is 1. The summed E-state index contributed by atoms with van der Waals surface area (Å²) in [6.07, 6.45) is 1.90. The van der Waals surface area contributed by atoms with Gasteiger partial charge in [0, 0.05) is 17.1 Å². The van der Waals surface area contributed by atoms with Crippen molar-refractivity contribution in [3.8, 4) is 11.5 Å². The number of rotatable bonds is 3. The maximum Gasteiger partial charge on any atom is 0.120 e. The maximum atomic E-state index is 9.21. The Morgan fingerprint density at radius 2 is 1.89 bits per heavy atom. The topological polar surface area (TPSA) is 71.3 Å². The SMILES string of the molecule is Nc1cccc2c(COc3ccc(O)cc3)c[nH]c12. The van der Waals surface area contributed by atoms with Crippen molar-refractivity contribution in [3.05, 3.63) is 54.2 Å². The minimum atomic E-state index is 0.229. The van der Waals surface area contributed by atoms with Gasteiger partial charge in [-0.05, 0) is 30.3 Å². The Labute approximate surface area is 110 Å². The summed E-state index contributed by atoms with van der Waals surface area (Å²) in [6.45, 7) is 0.453. The van der Waals surface area contributed by atoms with E-state index in [-0.39, 0.29) is 5.75 Å². The molecule has 0 aliphatic carbocycles. The zero-order valence-corrected chi connectivity index (χ0v) is 10.3. The van der Waals surface area contributed by atoms with Crippen molar-refractivity contribution in [3.63, 3.8) is 0 Å². The molecule has 0 unspecified atom stereocenters. The summed E-state index contributed by atoms with van der Waals surface area (Å²) >= 11 is 0. The largest absolute Gasteiger partial charge is 0.508 e. The molecule has 4 nitrogen and oxygen atoms in total. The molecule has 1 aromatic heterocycles. The number of aromatic amines is 1. The monoisotopic (exact) mass is 254 g/mol. The number of anilines is 1. The molecule has 3 rings (SSSR count). The summed E-state index contributed by atoms with van der Waals surface area (Å²) in [4.78, 5) is 3.16. The highest BCUT2D eigenvalue weighted by atomic mass is 16.5. The van der Waals surface area contributed by atoms with Crippen LogP contribution in [0.25, 0.3) is 10.9 Å². The average Bonchev–Trinajstić information content (AvgIpc) is 2.83. The summed E-state index contributed by atoms with van der Waals surface area (Å²) in [6, 6.07) is 12.5. The number of nitrogens with two attached hydrogens (primary N) is 1. The molecular formula is C15H14N2O2. The lowest BCUT2D eigenvalue weighted by Crippen LogP contribution is -1.94. The Morgan fingerprint density at radius 1 is 1.11 bits per heavy atom. The molecule has 0 bridgehead atoms. The van der Waals surface area contributed by atoms with Crippen molar-refractivity contribution < 1.29 is 9.84 Å². The summed E-state index contributed by atoms with van der Waals surface area (Å²) in [5.41, 5.74) is 8.61. The Kier molecular flexibility index (Phi) is 2.76. The molecular weight excluding hydrogens is 240 g/mol. The second-order valence-corrected chi connectivity index (χ2v) is 4.37. The first-order chi connectivity index (χ1) is 9.24. The van der Waals surface area contributed by atoms with E-state index in [1.54, 1.807) is 24.3 Å². The highest BCUT2D eigenvalue weighted by Gasteiger charge is 2.06.